The highest BCUT2D eigenvalue weighted by molar-refractivity contribution is 8.00. The van der Waals surface area contributed by atoms with Crippen LogP contribution in [0.1, 0.15) is 48.4 Å². The molecule has 0 fully saturated rings. The summed E-state index contributed by atoms with van der Waals surface area (Å²) >= 11 is 7.94. The lowest BCUT2D eigenvalue weighted by atomic mass is 9.87. The Hall–Kier alpha value is -2.81. The van der Waals surface area contributed by atoms with Crippen LogP contribution in [-0.2, 0) is 19.7 Å². The molecule has 1 N–H and O–H groups in total. The average molecular weight is 541 g/mol. The lowest BCUT2D eigenvalue weighted by molar-refractivity contribution is -0.123. The number of hydrogen-bond acceptors (Lipinski definition) is 5. The number of hydrogen-bond donors (Lipinski definition) is 1. The number of benzene rings is 2. The molecule has 1 unspecified atom stereocenters. The van der Waals surface area contributed by atoms with Gasteiger partial charge in [0.15, 0.2) is 0 Å². The molecule has 0 spiro atoms. The van der Waals surface area contributed by atoms with Crippen molar-refractivity contribution in [2.24, 2.45) is 0 Å². The molecule has 0 radical (unpaired) electrons. The van der Waals surface area contributed by atoms with Crippen molar-refractivity contribution in [2.75, 3.05) is 37.5 Å². The maximum atomic E-state index is 13.6. The number of aromatic nitrogens is 2. The highest BCUT2D eigenvalue weighted by atomic mass is 35.5. The van der Waals surface area contributed by atoms with E-state index in [1.165, 1.54) is 11.8 Å². The number of para-hydroxylation sites is 1. The number of ether oxygens (including phenoxy) is 1. The quantitative estimate of drug-likeness (QED) is 0.424. The largest absolute Gasteiger partial charge is 0.383 e. The monoisotopic (exact) mass is 540 g/mol. The van der Waals surface area contributed by atoms with Crippen LogP contribution in [0, 0.1) is 6.92 Å². The van der Waals surface area contributed by atoms with Gasteiger partial charge in [-0.15, -0.1) is 11.8 Å². The molecule has 196 valence electrons. The van der Waals surface area contributed by atoms with E-state index in [0.29, 0.717) is 24.0 Å². The second kappa shape index (κ2) is 11.3. The lowest BCUT2D eigenvalue weighted by Gasteiger charge is -2.25. The number of thioether (sulfide) groups is 1. The van der Waals surface area contributed by atoms with Gasteiger partial charge in [-0.25, -0.2) is 4.68 Å². The van der Waals surface area contributed by atoms with E-state index < -0.39 is 0 Å². The Morgan fingerprint density at radius 1 is 1.22 bits per heavy atom. The van der Waals surface area contributed by atoms with Crippen molar-refractivity contribution in [1.29, 1.82) is 0 Å². The first kappa shape index (κ1) is 27.2. The van der Waals surface area contributed by atoms with E-state index in [9.17, 15) is 9.59 Å². The first-order chi connectivity index (χ1) is 17.6. The van der Waals surface area contributed by atoms with E-state index in [-0.39, 0.29) is 34.8 Å². The van der Waals surface area contributed by atoms with Gasteiger partial charge in [-0.05, 0) is 36.2 Å². The molecule has 1 aliphatic rings. The number of fused-ring (bicyclic) bond motifs is 1. The van der Waals surface area contributed by atoms with Crippen molar-refractivity contribution in [3.63, 3.8) is 0 Å². The standard InChI is InChI=1S/C28H33ClN4O3S/c1-18-9-6-7-12-21(18)33-27-24(26(31-33)28(2,3)4)25(19-10-8-11-20(29)15-19)37-17-23(35)32(27)16-22(34)30-13-14-36-5/h6-12,15,25H,13-14,16-17H2,1-5H3,(H,30,34). The zero-order valence-electron chi connectivity index (χ0n) is 21.9. The molecule has 0 bridgehead atoms. The van der Waals surface area contributed by atoms with E-state index >= 15 is 0 Å². The van der Waals surface area contributed by atoms with Crippen molar-refractivity contribution in [3.8, 4) is 5.69 Å². The number of halogens is 1. The van der Waals surface area contributed by atoms with E-state index in [1.807, 2.05) is 60.1 Å². The summed E-state index contributed by atoms with van der Waals surface area (Å²) in [5, 5.41) is 8.42. The van der Waals surface area contributed by atoms with Crippen LogP contribution < -0.4 is 10.2 Å². The van der Waals surface area contributed by atoms with Crippen LogP contribution >= 0.6 is 23.4 Å². The second-order valence-electron chi connectivity index (χ2n) is 10.1. The molecule has 37 heavy (non-hydrogen) atoms. The first-order valence-corrected chi connectivity index (χ1v) is 13.7. The summed E-state index contributed by atoms with van der Waals surface area (Å²) in [6.45, 7) is 9.02. The zero-order valence-corrected chi connectivity index (χ0v) is 23.4. The number of methoxy groups -OCH3 is 1. The van der Waals surface area contributed by atoms with Gasteiger partial charge < -0.3 is 10.1 Å². The number of rotatable bonds is 7. The molecule has 3 aromatic rings. The van der Waals surface area contributed by atoms with Gasteiger partial charge >= 0.3 is 0 Å². The van der Waals surface area contributed by atoms with Gasteiger partial charge in [0.2, 0.25) is 11.8 Å². The van der Waals surface area contributed by atoms with Crippen molar-refractivity contribution in [3.05, 3.63) is 75.9 Å². The maximum Gasteiger partial charge on any atom is 0.240 e. The predicted molar refractivity (Wildman–Crippen MR) is 150 cm³/mol. The number of nitrogens with zero attached hydrogens (tertiary/aromatic N) is 3. The molecular formula is C28H33ClN4O3S. The molecular weight excluding hydrogens is 508 g/mol. The normalized spacial score (nSPS) is 15.9. The van der Waals surface area contributed by atoms with Crippen LogP contribution in [0.4, 0.5) is 5.82 Å². The molecule has 0 saturated heterocycles. The topological polar surface area (TPSA) is 76.5 Å². The summed E-state index contributed by atoms with van der Waals surface area (Å²) < 4.78 is 6.90. The third-order valence-corrected chi connectivity index (χ3v) is 7.71. The van der Waals surface area contributed by atoms with Gasteiger partial charge in [0, 0.05) is 29.7 Å². The summed E-state index contributed by atoms with van der Waals surface area (Å²) in [5.41, 5.74) is 4.36. The zero-order chi connectivity index (χ0) is 26.7. The number of carbonyl (C=O) groups excluding carboxylic acids is 2. The highest BCUT2D eigenvalue weighted by Crippen LogP contribution is 2.48. The molecule has 2 aromatic carbocycles. The van der Waals surface area contributed by atoms with Crippen molar-refractivity contribution in [2.45, 2.75) is 38.4 Å². The molecule has 4 rings (SSSR count). The number of amides is 2. The molecule has 1 aliphatic heterocycles. The fourth-order valence-electron chi connectivity index (χ4n) is 4.47. The highest BCUT2D eigenvalue weighted by Gasteiger charge is 2.40. The molecule has 0 aliphatic carbocycles. The van der Waals surface area contributed by atoms with Gasteiger partial charge in [0.25, 0.3) is 0 Å². The molecule has 1 aromatic heterocycles. The Morgan fingerprint density at radius 2 is 1.97 bits per heavy atom. The minimum Gasteiger partial charge on any atom is -0.383 e. The van der Waals surface area contributed by atoms with Crippen LogP contribution in [0.15, 0.2) is 48.5 Å². The number of carbonyl (C=O) groups is 2. The smallest absolute Gasteiger partial charge is 0.240 e. The summed E-state index contributed by atoms with van der Waals surface area (Å²) in [4.78, 5) is 28.2. The number of aryl methyl sites for hydroxylation is 1. The van der Waals surface area contributed by atoms with Crippen LogP contribution in [0.25, 0.3) is 5.69 Å². The van der Waals surface area contributed by atoms with Crippen LogP contribution in [0.5, 0.6) is 0 Å². The maximum absolute atomic E-state index is 13.6. The first-order valence-electron chi connectivity index (χ1n) is 12.2. The third-order valence-electron chi connectivity index (χ3n) is 6.22. The van der Waals surface area contributed by atoms with Crippen LogP contribution in [-0.4, -0.2) is 54.2 Å². The van der Waals surface area contributed by atoms with Crippen LogP contribution in [0.2, 0.25) is 5.02 Å². The van der Waals surface area contributed by atoms with Gasteiger partial charge in [0.1, 0.15) is 12.4 Å². The molecule has 7 nitrogen and oxygen atoms in total. The average Bonchev–Trinajstić information content (AvgIpc) is 3.17. The molecule has 2 amide bonds. The summed E-state index contributed by atoms with van der Waals surface area (Å²) in [5.74, 6) is 0.445. The summed E-state index contributed by atoms with van der Waals surface area (Å²) in [7, 11) is 1.58. The van der Waals surface area contributed by atoms with Crippen molar-refractivity contribution >= 4 is 41.0 Å². The predicted octanol–water partition coefficient (Wildman–Crippen LogP) is 5.06. The summed E-state index contributed by atoms with van der Waals surface area (Å²) in [6, 6.07) is 15.7. The van der Waals surface area contributed by atoms with Crippen LogP contribution in [0.3, 0.4) is 0 Å². The van der Waals surface area contributed by atoms with Crippen molar-refractivity contribution < 1.29 is 14.3 Å². The molecule has 1 atom stereocenters. The van der Waals surface area contributed by atoms with Gasteiger partial charge in [0.05, 0.1) is 29.0 Å². The molecule has 9 heteroatoms. The number of anilines is 1. The van der Waals surface area contributed by atoms with Gasteiger partial charge in [-0.3, -0.25) is 14.5 Å². The van der Waals surface area contributed by atoms with E-state index in [0.717, 1.165) is 28.1 Å². The summed E-state index contributed by atoms with van der Waals surface area (Å²) in [6.07, 6.45) is 0. The fraction of sp³-hybridized carbons (Fsp3) is 0.393. The van der Waals surface area contributed by atoms with E-state index in [4.69, 9.17) is 21.4 Å². The fourth-order valence-corrected chi connectivity index (χ4v) is 5.85. The second-order valence-corrected chi connectivity index (χ2v) is 11.6. The van der Waals surface area contributed by atoms with E-state index in [2.05, 4.69) is 26.1 Å². The Bertz CT molecular complexity index is 1300. The Morgan fingerprint density at radius 3 is 2.65 bits per heavy atom. The Balaban J connectivity index is 1.97. The lowest BCUT2D eigenvalue weighted by Crippen LogP contribution is -2.43. The Labute approximate surface area is 227 Å². The minimum atomic E-state index is -0.324. The van der Waals surface area contributed by atoms with Gasteiger partial charge in [-0.2, -0.15) is 5.10 Å². The van der Waals surface area contributed by atoms with E-state index in [1.54, 1.807) is 12.0 Å². The SMILES string of the molecule is COCCNC(=O)CN1C(=O)CSC(c2cccc(Cl)c2)c2c(C(C)(C)C)nn(-c3ccccc3C)c21. The number of nitrogens with one attached hydrogen (secondary N) is 1. The minimum absolute atomic E-state index is 0.112. The molecule has 2 heterocycles. The Kier molecular flexibility index (Phi) is 8.31. The van der Waals surface area contributed by atoms with Gasteiger partial charge in [-0.1, -0.05) is 62.7 Å². The molecule has 0 saturated carbocycles. The van der Waals surface area contributed by atoms with Crippen molar-refractivity contribution in [1.82, 2.24) is 15.1 Å². The third kappa shape index (κ3) is 5.87.